The number of hydrogen-bond acceptors (Lipinski definition) is 3. The van der Waals surface area contributed by atoms with E-state index in [-0.39, 0.29) is 0 Å². The van der Waals surface area contributed by atoms with Crippen molar-refractivity contribution in [2.45, 2.75) is 0 Å². The minimum absolute atomic E-state index is 0.827. The van der Waals surface area contributed by atoms with Gasteiger partial charge in [-0.1, -0.05) is 133 Å². The van der Waals surface area contributed by atoms with Gasteiger partial charge < -0.3 is 8.83 Å². The Kier molecular flexibility index (Phi) is 5.96. The summed E-state index contributed by atoms with van der Waals surface area (Å²) in [7, 11) is 0. The Balaban J connectivity index is 1.23. The molecule has 0 saturated carbocycles. The molecule has 0 saturated heterocycles. The fourth-order valence-corrected chi connectivity index (χ4v) is 9.86. The topological polar surface area (TPSA) is 26.3 Å². The second-order valence-electron chi connectivity index (χ2n) is 13.9. The van der Waals surface area contributed by atoms with Crippen LogP contribution in [0.2, 0.25) is 0 Å². The van der Waals surface area contributed by atoms with Crippen LogP contribution in [-0.2, 0) is 0 Å². The molecule has 0 spiro atoms. The second-order valence-corrected chi connectivity index (χ2v) is 14.8. The zero-order valence-corrected chi connectivity index (χ0v) is 29.2. The van der Waals surface area contributed by atoms with Crippen LogP contribution in [0, 0.1) is 0 Å². The molecule has 0 N–H and O–H groups in total. The van der Waals surface area contributed by atoms with Crippen LogP contribution in [0.1, 0.15) is 0 Å². The molecule has 0 atom stereocenters. The van der Waals surface area contributed by atoms with Gasteiger partial charge in [0.05, 0.1) is 0 Å². The highest BCUT2D eigenvalue weighted by atomic mass is 32.1. The van der Waals surface area contributed by atoms with Crippen molar-refractivity contribution in [3.05, 3.63) is 169 Å². The number of furan rings is 2. The molecule has 53 heavy (non-hydrogen) atoms. The van der Waals surface area contributed by atoms with E-state index in [1.807, 2.05) is 23.5 Å². The maximum absolute atomic E-state index is 6.59. The first kappa shape index (κ1) is 29.0. The molecule has 0 fully saturated rings. The molecule has 12 aromatic rings. The summed E-state index contributed by atoms with van der Waals surface area (Å²) < 4.78 is 14.5. The summed E-state index contributed by atoms with van der Waals surface area (Å²) in [5.41, 5.74) is 10.7. The normalized spacial score (nSPS) is 12.2. The second kappa shape index (κ2) is 10.9. The summed E-state index contributed by atoms with van der Waals surface area (Å²) in [5, 5.41) is 15.4. The van der Waals surface area contributed by atoms with E-state index in [2.05, 4.69) is 157 Å². The molecule has 0 aliphatic rings. The standard InChI is InChI=1S/C50H28O2S/c1-3-16-35-33(14-1)46(30-25-24-29-12-11-20-31(39(29)26-30)40-28-53-45-23-10-7-13-32(40)45)34-15-2-4-17-36(34)47(35)50-48-37-18-5-8-21-41(37)51-43(48)27-44-49(50)38-19-6-9-22-42(38)52-44/h1-28H. The molecule has 0 amide bonds. The van der Waals surface area contributed by atoms with E-state index in [0.717, 1.165) is 49.4 Å². The highest BCUT2D eigenvalue weighted by Crippen LogP contribution is 2.51. The predicted octanol–water partition coefficient (Wildman–Crippen LogP) is 15.2. The lowest BCUT2D eigenvalue weighted by Crippen LogP contribution is -1.92. The summed E-state index contributed by atoms with van der Waals surface area (Å²) in [5.74, 6) is 0. The van der Waals surface area contributed by atoms with Crippen LogP contribution < -0.4 is 0 Å². The smallest absolute Gasteiger partial charge is 0.139 e. The Morgan fingerprint density at radius 3 is 1.53 bits per heavy atom. The maximum atomic E-state index is 6.59. The van der Waals surface area contributed by atoms with Crippen molar-refractivity contribution in [3.8, 4) is 33.4 Å². The van der Waals surface area contributed by atoms with Crippen LogP contribution in [0.3, 0.4) is 0 Å². The lowest BCUT2D eigenvalue weighted by atomic mass is 9.83. The third-order valence-electron chi connectivity index (χ3n) is 11.1. The van der Waals surface area contributed by atoms with Gasteiger partial charge in [0, 0.05) is 48.8 Å². The van der Waals surface area contributed by atoms with Crippen LogP contribution >= 0.6 is 11.3 Å². The van der Waals surface area contributed by atoms with E-state index in [9.17, 15) is 0 Å². The zero-order valence-electron chi connectivity index (χ0n) is 28.4. The number of fused-ring (bicyclic) bond motifs is 10. The summed E-state index contributed by atoms with van der Waals surface area (Å²) in [6.07, 6.45) is 0. The van der Waals surface area contributed by atoms with E-state index >= 15 is 0 Å². The van der Waals surface area contributed by atoms with Gasteiger partial charge in [-0.2, -0.15) is 0 Å². The molecule has 0 unspecified atom stereocenters. The molecule has 3 heterocycles. The van der Waals surface area contributed by atoms with Gasteiger partial charge in [-0.3, -0.25) is 0 Å². The van der Waals surface area contributed by atoms with Crippen LogP contribution in [0.4, 0.5) is 0 Å². The largest absolute Gasteiger partial charge is 0.456 e. The minimum Gasteiger partial charge on any atom is -0.456 e. The lowest BCUT2D eigenvalue weighted by molar-refractivity contribution is 0.656. The SMILES string of the molecule is c1cc(-c2csc3ccccc23)c2cc(-c3c4ccccc4c(-c4c5c(cc6oc7ccccc7c46)oc4ccccc45)c4ccccc34)ccc2c1. The van der Waals surface area contributed by atoms with Crippen LogP contribution in [0.15, 0.2) is 178 Å². The Bertz CT molecular complexity index is 3320. The highest BCUT2D eigenvalue weighted by molar-refractivity contribution is 7.17. The monoisotopic (exact) mass is 692 g/mol. The molecule has 0 bridgehead atoms. The minimum atomic E-state index is 0.827. The van der Waals surface area contributed by atoms with Gasteiger partial charge >= 0.3 is 0 Å². The van der Waals surface area contributed by atoms with Crippen molar-refractivity contribution < 1.29 is 8.83 Å². The van der Waals surface area contributed by atoms with Crippen molar-refractivity contribution in [1.29, 1.82) is 0 Å². The first-order valence-corrected chi connectivity index (χ1v) is 18.9. The average molecular weight is 693 g/mol. The van der Waals surface area contributed by atoms with E-state index in [4.69, 9.17) is 8.83 Å². The molecule has 246 valence electrons. The Morgan fingerprint density at radius 2 is 0.887 bits per heavy atom. The molecule has 9 aromatic carbocycles. The number of rotatable bonds is 3. The van der Waals surface area contributed by atoms with Gasteiger partial charge in [-0.25, -0.2) is 0 Å². The number of benzene rings is 9. The van der Waals surface area contributed by atoms with Gasteiger partial charge in [0.2, 0.25) is 0 Å². The summed E-state index contributed by atoms with van der Waals surface area (Å²) in [6, 6.07) is 59.1. The summed E-state index contributed by atoms with van der Waals surface area (Å²) >= 11 is 1.81. The molecule has 0 radical (unpaired) electrons. The Labute approximate surface area is 307 Å². The van der Waals surface area contributed by atoms with Gasteiger partial charge in [-0.05, 0) is 84.2 Å². The van der Waals surface area contributed by atoms with E-state index in [1.54, 1.807) is 0 Å². The summed E-state index contributed by atoms with van der Waals surface area (Å²) in [6.45, 7) is 0. The van der Waals surface area contributed by atoms with E-state index in [0.29, 0.717) is 0 Å². The first-order chi connectivity index (χ1) is 26.3. The molecule has 0 aliphatic carbocycles. The Morgan fingerprint density at radius 1 is 0.340 bits per heavy atom. The van der Waals surface area contributed by atoms with Gasteiger partial charge in [0.1, 0.15) is 22.3 Å². The van der Waals surface area contributed by atoms with Crippen molar-refractivity contribution in [1.82, 2.24) is 0 Å². The van der Waals surface area contributed by atoms with Crippen LogP contribution in [-0.4, -0.2) is 0 Å². The van der Waals surface area contributed by atoms with E-state index < -0.39 is 0 Å². The maximum Gasteiger partial charge on any atom is 0.139 e. The molecular weight excluding hydrogens is 665 g/mol. The molecule has 3 heteroatoms. The first-order valence-electron chi connectivity index (χ1n) is 18.0. The fourth-order valence-electron chi connectivity index (χ4n) is 8.90. The van der Waals surface area contributed by atoms with E-state index in [1.165, 1.54) is 70.2 Å². The molecular formula is C50H28O2S. The molecule has 3 aromatic heterocycles. The lowest BCUT2D eigenvalue weighted by Gasteiger charge is -2.19. The molecule has 0 aliphatic heterocycles. The number of thiophene rings is 1. The fraction of sp³-hybridized carbons (Fsp3) is 0. The van der Waals surface area contributed by atoms with Gasteiger partial charge in [0.15, 0.2) is 0 Å². The highest BCUT2D eigenvalue weighted by Gasteiger charge is 2.25. The quantitative estimate of drug-likeness (QED) is 0.172. The van der Waals surface area contributed by atoms with Crippen LogP contribution in [0.5, 0.6) is 0 Å². The van der Waals surface area contributed by atoms with Gasteiger partial charge in [0.25, 0.3) is 0 Å². The predicted molar refractivity (Wildman–Crippen MR) is 225 cm³/mol. The third-order valence-corrected chi connectivity index (χ3v) is 12.1. The Hall–Kier alpha value is -6.68. The summed E-state index contributed by atoms with van der Waals surface area (Å²) in [4.78, 5) is 0. The van der Waals surface area contributed by atoms with Gasteiger partial charge in [-0.15, -0.1) is 11.3 Å². The molecule has 12 rings (SSSR count). The van der Waals surface area contributed by atoms with Crippen LogP contribution in [0.25, 0.3) is 120 Å². The zero-order chi connectivity index (χ0) is 34.6. The van der Waals surface area contributed by atoms with Crippen molar-refractivity contribution in [3.63, 3.8) is 0 Å². The van der Waals surface area contributed by atoms with Crippen molar-refractivity contribution >= 4 is 97.6 Å². The van der Waals surface area contributed by atoms with Crippen molar-refractivity contribution in [2.75, 3.05) is 0 Å². The number of hydrogen-bond donors (Lipinski definition) is 0. The molecule has 2 nitrogen and oxygen atoms in total. The van der Waals surface area contributed by atoms with Crippen molar-refractivity contribution in [2.24, 2.45) is 0 Å². The average Bonchev–Trinajstić information content (AvgIpc) is 3.92. The number of para-hydroxylation sites is 2. The third kappa shape index (κ3) is 4.08.